The zero-order valence-corrected chi connectivity index (χ0v) is 14.1. The van der Waals surface area contributed by atoms with E-state index in [4.69, 9.17) is 4.74 Å². The Kier molecular flexibility index (Phi) is 6.97. The molecule has 0 aliphatic heterocycles. The van der Waals surface area contributed by atoms with E-state index in [0.29, 0.717) is 18.1 Å². The summed E-state index contributed by atoms with van der Waals surface area (Å²) in [7, 11) is 0. The molecule has 0 aromatic carbocycles. The van der Waals surface area contributed by atoms with Crippen LogP contribution in [0.15, 0.2) is 0 Å². The Balaban J connectivity index is 1.76. The Hall–Kier alpha value is -0.120. The lowest BCUT2D eigenvalue weighted by molar-refractivity contribution is -0.0308. The average Bonchev–Trinajstić information content (AvgIpc) is 3.31. The molecule has 2 aliphatic rings. The Labute approximate surface area is 130 Å². The Bertz CT molecular complexity index is 293. The van der Waals surface area contributed by atoms with Crippen molar-refractivity contribution in [3.8, 4) is 0 Å². The third-order valence-corrected chi connectivity index (χ3v) is 5.30. The molecule has 3 atom stereocenters. The first kappa shape index (κ1) is 17.2. The van der Waals surface area contributed by atoms with Gasteiger partial charge in [0, 0.05) is 18.2 Å². The van der Waals surface area contributed by atoms with Gasteiger partial charge in [-0.15, -0.1) is 0 Å². The lowest BCUT2D eigenvalue weighted by Crippen LogP contribution is -2.54. The normalized spacial score (nSPS) is 31.3. The number of aliphatic hydroxyl groups excluding tert-OH is 1. The summed E-state index contributed by atoms with van der Waals surface area (Å²) in [6, 6.07) is 0.656. The van der Waals surface area contributed by atoms with E-state index < -0.39 is 0 Å². The Morgan fingerprint density at radius 3 is 2.71 bits per heavy atom. The van der Waals surface area contributed by atoms with Gasteiger partial charge in [0.25, 0.3) is 0 Å². The van der Waals surface area contributed by atoms with Gasteiger partial charge in [0.1, 0.15) is 0 Å². The van der Waals surface area contributed by atoms with E-state index in [1.807, 2.05) is 0 Å². The van der Waals surface area contributed by atoms with Gasteiger partial charge in [0.15, 0.2) is 0 Å². The fourth-order valence-corrected chi connectivity index (χ4v) is 3.60. The van der Waals surface area contributed by atoms with Crippen LogP contribution in [0.3, 0.4) is 0 Å². The maximum Gasteiger partial charge on any atom is 0.0614 e. The molecule has 3 heteroatoms. The molecule has 0 spiro atoms. The van der Waals surface area contributed by atoms with Gasteiger partial charge < -0.3 is 15.2 Å². The molecule has 0 radical (unpaired) electrons. The minimum Gasteiger partial charge on any atom is -0.394 e. The van der Waals surface area contributed by atoms with Crippen molar-refractivity contribution in [1.82, 2.24) is 5.32 Å². The third-order valence-electron chi connectivity index (χ3n) is 5.30. The van der Waals surface area contributed by atoms with Crippen molar-refractivity contribution in [2.45, 2.75) is 95.7 Å². The van der Waals surface area contributed by atoms with Gasteiger partial charge in [-0.1, -0.05) is 33.1 Å². The van der Waals surface area contributed by atoms with Crippen molar-refractivity contribution in [2.24, 2.45) is 5.92 Å². The second kappa shape index (κ2) is 8.50. The summed E-state index contributed by atoms with van der Waals surface area (Å²) in [6.45, 7) is 5.70. The third kappa shape index (κ3) is 5.54. The molecule has 0 aromatic rings. The second-order valence-corrected chi connectivity index (χ2v) is 7.33. The molecule has 2 aliphatic carbocycles. The summed E-state index contributed by atoms with van der Waals surface area (Å²) in [5.41, 5.74) is -0.0603. The van der Waals surface area contributed by atoms with E-state index in [2.05, 4.69) is 19.2 Å². The fourth-order valence-electron chi connectivity index (χ4n) is 3.60. The molecular weight excluding hydrogens is 262 g/mol. The lowest BCUT2D eigenvalue weighted by Gasteiger charge is -2.41. The van der Waals surface area contributed by atoms with Crippen molar-refractivity contribution in [3.05, 3.63) is 0 Å². The highest BCUT2D eigenvalue weighted by Crippen LogP contribution is 2.34. The van der Waals surface area contributed by atoms with Crippen LogP contribution in [0.1, 0.15) is 78.1 Å². The zero-order chi connectivity index (χ0) is 15.1. The number of nitrogens with one attached hydrogen (secondary N) is 1. The van der Waals surface area contributed by atoms with E-state index in [9.17, 15) is 5.11 Å². The van der Waals surface area contributed by atoms with Crippen molar-refractivity contribution < 1.29 is 9.84 Å². The highest BCUT2D eigenvalue weighted by molar-refractivity contribution is 4.99. The number of rotatable bonds is 10. The number of aliphatic hydroxyl groups is 1. The first-order valence-corrected chi connectivity index (χ1v) is 9.21. The molecule has 0 heterocycles. The van der Waals surface area contributed by atoms with Gasteiger partial charge in [0.05, 0.1) is 12.7 Å². The molecule has 0 bridgehead atoms. The summed E-state index contributed by atoms with van der Waals surface area (Å²) in [4.78, 5) is 0. The number of unbranched alkanes of at least 4 members (excludes halogenated alkanes) is 1. The van der Waals surface area contributed by atoms with Crippen molar-refractivity contribution in [2.75, 3.05) is 13.2 Å². The van der Waals surface area contributed by atoms with Crippen LogP contribution >= 0.6 is 0 Å². The predicted molar refractivity (Wildman–Crippen MR) is 87.5 cm³/mol. The minimum atomic E-state index is -0.0603. The van der Waals surface area contributed by atoms with Gasteiger partial charge in [-0.2, -0.15) is 0 Å². The maximum atomic E-state index is 9.86. The van der Waals surface area contributed by atoms with Crippen molar-refractivity contribution >= 4 is 0 Å². The molecular formula is C18H35NO2. The van der Waals surface area contributed by atoms with Gasteiger partial charge in [-0.3, -0.25) is 0 Å². The highest BCUT2D eigenvalue weighted by atomic mass is 16.5. The molecule has 3 unspecified atom stereocenters. The first-order chi connectivity index (χ1) is 10.2. The molecule has 124 valence electrons. The van der Waals surface area contributed by atoms with Crippen molar-refractivity contribution in [3.63, 3.8) is 0 Å². The maximum absolute atomic E-state index is 9.86. The van der Waals surface area contributed by atoms with Gasteiger partial charge in [0.2, 0.25) is 0 Å². The molecule has 2 saturated carbocycles. The van der Waals surface area contributed by atoms with Crippen LogP contribution in [-0.4, -0.2) is 36.0 Å². The van der Waals surface area contributed by atoms with Crippen molar-refractivity contribution in [1.29, 1.82) is 0 Å². The van der Waals surface area contributed by atoms with E-state index in [1.54, 1.807) is 0 Å². The Morgan fingerprint density at radius 2 is 2.10 bits per heavy atom. The smallest absolute Gasteiger partial charge is 0.0614 e. The molecule has 0 amide bonds. The molecule has 2 N–H and O–H groups in total. The van der Waals surface area contributed by atoms with E-state index in [0.717, 1.165) is 25.9 Å². The second-order valence-electron chi connectivity index (χ2n) is 7.33. The monoisotopic (exact) mass is 297 g/mol. The molecule has 3 nitrogen and oxygen atoms in total. The molecule has 0 saturated heterocycles. The molecule has 0 aromatic heterocycles. The van der Waals surface area contributed by atoms with Crippen LogP contribution in [-0.2, 0) is 4.74 Å². The number of hydrogen-bond donors (Lipinski definition) is 2. The van der Waals surface area contributed by atoms with Crippen LogP contribution in [0.25, 0.3) is 0 Å². The van der Waals surface area contributed by atoms with Crippen LogP contribution in [0.5, 0.6) is 0 Å². The predicted octanol–water partition coefficient (Wildman–Crippen LogP) is 3.65. The van der Waals surface area contributed by atoms with Crippen LogP contribution in [0, 0.1) is 5.92 Å². The lowest BCUT2D eigenvalue weighted by atomic mass is 9.80. The standard InChI is InChI=1S/C18H35NO2/c1-3-5-7-15(4-2)13-21-17-8-6-11-18(12-17,14-20)19-16-9-10-16/h15-17,19-20H,3-14H2,1-2H3. The highest BCUT2D eigenvalue weighted by Gasteiger charge is 2.40. The van der Waals surface area contributed by atoms with Gasteiger partial charge >= 0.3 is 0 Å². The summed E-state index contributed by atoms with van der Waals surface area (Å²) >= 11 is 0. The summed E-state index contributed by atoms with van der Waals surface area (Å²) in [5.74, 6) is 0.715. The van der Waals surface area contributed by atoms with E-state index >= 15 is 0 Å². The van der Waals surface area contributed by atoms with Gasteiger partial charge in [-0.25, -0.2) is 0 Å². The first-order valence-electron chi connectivity index (χ1n) is 9.21. The van der Waals surface area contributed by atoms with E-state index in [1.165, 1.54) is 44.9 Å². The largest absolute Gasteiger partial charge is 0.394 e. The summed E-state index contributed by atoms with van der Waals surface area (Å²) < 4.78 is 6.24. The SMILES string of the molecule is CCCCC(CC)COC1CCCC(CO)(NC2CC2)C1. The molecule has 21 heavy (non-hydrogen) atoms. The van der Waals surface area contributed by atoms with Crippen LogP contribution < -0.4 is 5.32 Å². The minimum absolute atomic E-state index is 0.0603. The number of hydrogen-bond acceptors (Lipinski definition) is 3. The average molecular weight is 297 g/mol. The quantitative estimate of drug-likeness (QED) is 0.647. The van der Waals surface area contributed by atoms with Crippen LogP contribution in [0.4, 0.5) is 0 Å². The summed E-state index contributed by atoms with van der Waals surface area (Å²) in [6.07, 6.45) is 12.4. The number of ether oxygens (including phenoxy) is 1. The van der Waals surface area contributed by atoms with E-state index in [-0.39, 0.29) is 12.1 Å². The van der Waals surface area contributed by atoms with Crippen LogP contribution in [0.2, 0.25) is 0 Å². The Morgan fingerprint density at radius 1 is 1.29 bits per heavy atom. The zero-order valence-electron chi connectivity index (χ0n) is 14.1. The topological polar surface area (TPSA) is 41.5 Å². The summed E-state index contributed by atoms with van der Waals surface area (Å²) in [5, 5.41) is 13.5. The molecule has 2 rings (SSSR count). The van der Waals surface area contributed by atoms with Gasteiger partial charge in [-0.05, 0) is 50.9 Å². The molecule has 2 fully saturated rings. The fraction of sp³-hybridized carbons (Fsp3) is 1.00.